The summed E-state index contributed by atoms with van der Waals surface area (Å²) in [6.45, 7) is 2.01. The van der Waals surface area contributed by atoms with Crippen LogP contribution in [-0.2, 0) is 16.0 Å². The smallest absolute Gasteiger partial charge is 0.261 e. The van der Waals surface area contributed by atoms with E-state index in [1.165, 1.54) is 0 Å². The number of nitrogens with zero attached hydrogens (tertiary/aromatic N) is 1. The van der Waals surface area contributed by atoms with Crippen LogP contribution in [0.2, 0.25) is 0 Å². The summed E-state index contributed by atoms with van der Waals surface area (Å²) in [6.07, 6.45) is 0.660. The maximum absolute atomic E-state index is 13.0. The molecule has 6 heteroatoms. The van der Waals surface area contributed by atoms with Crippen LogP contribution in [0.15, 0.2) is 71.2 Å². The van der Waals surface area contributed by atoms with Crippen LogP contribution >= 0.6 is 15.9 Å². The third-order valence-electron chi connectivity index (χ3n) is 5.08. The van der Waals surface area contributed by atoms with Crippen LogP contribution in [0, 0.1) is 0 Å². The zero-order valence-corrected chi connectivity index (χ0v) is 18.7. The van der Waals surface area contributed by atoms with E-state index < -0.39 is 6.04 Å². The second-order valence-electron chi connectivity index (χ2n) is 7.00. The summed E-state index contributed by atoms with van der Waals surface area (Å²) < 4.78 is 6.64. The molecule has 0 saturated carbocycles. The summed E-state index contributed by atoms with van der Waals surface area (Å²) in [5.41, 5.74) is 1.11. The second kappa shape index (κ2) is 10.3. The lowest BCUT2D eigenvalue weighted by Crippen LogP contribution is -2.49. The van der Waals surface area contributed by atoms with Crippen molar-refractivity contribution in [1.82, 2.24) is 10.2 Å². The van der Waals surface area contributed by atoms with Crippen LogP contribution in [0.5, 0.6) is 5.75 Å². The van der Waals surface area contributed by atoms with Gasteiger partial charge < -0.3 is 15.0 Å². The molecule has 3 aromatic carbocycles. The van der Waals surface area contributed by atoms with E-state index in [0.29, 0.717) is 18.7 Å². The average molecular weight is 469 g/mol. The highest BCUT2D eigenvalue weighted by Crippen LogP contribution is 2.33. The minimum Gasteiger partial charge on any atom is -0.483 e. The quantitative estimate of drug-likeness (QED) is 0.539. The van der Waals surface area contributed by atoms with E-state index in [1.54, 1.807) is 18.9 Å². The molecule has 0 fully saturated rings. The van der Waals surface area contributed by atoms with Gasteiger partial charge in [-0.1, -0.05) is 60.7 Å². The molecule has 0 unspecified atom stereocenters. The number of fused-ring (bicyclic) bond motifs is 1. The largest absolute Gasteiger partial charge is 0.483 e. The van der Waals surface area contributed by atoms with Gasteiger partial charge in [0.15, 0.2) is 6.61 Å². The molecule has 0 aliphatic carbocycles. The first-order valence-corrected chi connectivity index (χ1v) is 10.7. The van der Waals surface area contributed by atoms with Crippen molar-refractivity contribution >= 4 is 38.5 Å². The molecule has 1 N–H and O–H groups in total. The maximum Gasteiger partial charge on any atom is 0.261 e. The number of carbonyl (C=O) groups is 2. The summed E-state index contributed by atoms with van der Waals surface area (Å²) in [4.78, 5) is 26.7. The number of nitrogens with one attached hydrogen (secondary N) is 1. The third kappa shape index (κ3) is 5.19. The van der Waals surface area contributed by atoms with Crippen LogP contribution in [0.1, 0.15) is 12.5 Å². The predicted molar refractivity (Wildman–Crippen MR) is 123 cm³/mol. The molecule has 5 nitrogen and oxygen atoms in total. The summed E-state index contributed by atoms with van der Waals surface area (Å²) in [5.74, 6) is 0.156. The van der Waals surface area contributed by atoms with Crippen molar-refractivity contribution in [2.24, 2.45) is 0 Å². The first kappa shape index (κ1) is 21.8. The number of hydrogen-bond donors (Lipinski definition) is 1. The third-order valence-corrected chi connectivity index (χ3v) is 5.89. The van der Waals surface area contributed by atoms with Crippen molar-refractivity contribution in [3.63, 3.8) is 0 Å². The zero-order valence-electron chi connectivity index (χ0n) is 17.1. The topological polar surface area (TPSA) is 58.6 Å². The van der Waals surface area contributed by atoms with E-state index in [0.717, 1.165) is 20.8 Å². The van der Waals surface area contributed by atoms with Crippen molar-refractivity contribution in [1.29, 1.82) is 0 Å². The minimum absolute atomic E-state index is 0.146. The number of halogens is 1. The van der Waals surface area contributed by atoms with Gasteiger partial charge in [0, 0.05) is 13.6 Å². The summed E-state index contributed by atoms with van der Waals surface area (Å²) in [7, 11) is 1.57. The normalized spacial score (nSPS) is 11.7. The second-order valence-corrected chi connectivity index (χ2v) is 7.79. The van der Waals surface area contributed by atoms with Crippen LogP contribution in [0.25, 0.3) is 10.8 Å². The van der Waals surface area contributed by atoms with Gasteiger partial charge in [-0.3, -0.25) is 9.59 Å². The standard InChI is InChI=1S/C24H25BrN2O3/c1-17(24(29)26-2)27(15-14-18-8-4-3-5-9-18)22(28)16-30-21-13-12-19-10-6-7-11-20(19)23(21)25/h3-13,17H,14-16H2,1-2H3,(H,26,29)/t17-/m1/s1. The minimum atomic E-state index is -0.588. The fourth-order valence-corrected chi connectivity index (χ4v) is 3.93. The molecular weight excluding hydrogens is 444 g/mol. The van der Waals surface area contributed by atoms with Gasteiger partial charge >= 0.3 is 0 Å². The predicted octanol–water partition coefficient (Wildman–Crippen LogP) is 4.19. The van der Waals surface area contributed by atoms with Gasteiger partial charge in [0.2, 0.25) is 5.91 Å². The molecule has 3 aromatic rings. The Morgan fingerprint density at radius 1 is 1.03 bits per heavy atom. The molecule has 0 saturated heterocycles. The first-order valence-electron chi connectivity index (χ1n) is 9.86. The summed E-state index contributed by atoms with van der Waals surface area (Å²) in [5, 5.41) is 4.72. The number of hydrogen-bond acceptors (Lipinski definition) is 3. The SMILES string of the molecule is CNC(=O)[C@@H](C)N(CCc1ccccc1)C(=O)COc1ccc2ccccc2c1Br. The molecule has 2 amide bonds. The Bertz CT molecular complexity index is 1020. The van der Waals surface area contributed by atoms with Crippen molar-refractivity contribution in [2.75, 3.05) is 20.2 Å². The van der Waals surface area contributed by atoms with Crippen LogP contribution < -0.4 is 10.1 Å². The van der Waals surface area contributed by atoms with E-state index in [9.17, 15) is 9.59 Å². The molecule has 0 bridgehead atoms. The van der Waals surface area contributed by atoms with Crippen LogP contribution in [0.3, 0.4) is 0 Å². The van der Waals surface area contributed by atoms with Gasteiger partial charge in [-0.15, -0.1) is 0 Å². The summed E-state index contributed by atoms with van der Waals surface area (Å²) in [6, 6.07) is 21.1. The van der Waals surface area contributed by atoms with Crippen molar-refractivity contribution < 1.29 is 14.3 Å². The van der Waals surface area contributed by atoms with E-state index in [4.69, 9.17) is 4.74 Å². The highest BCUT2D eigenvalue weighted by atomic mass is 79.9. The molecule has 0 aliphatic heterocycles. The Labute approximate surface area is 185 Å². The molecule has 1 atom stereocenters. The highest BCUT2D eigenvalue weighted by Gasteiger charge is 2.25. The Morgan fingerprint density at radius 3 is 2.47 bits per heavy atom. The van der Waals surface area contributed by atoms with Crippen molar-refractivity contribution in [3.05, 3.63) is 76.8 Å². The fraction of sp³-hybridized carbons (Fsp3) is 0.250. The van der Waals surface area contributed by atoms with Crippen molar-refractivity contribution in [2.45, 2.75) is 19.4 Å². The van der Waals surface area contributed by atoms with E-state index in [2.05, 4.69) is 21.2 Å². The van der Waals surface area contributed by atoms with Gasteiger partial charge in [0.05, 0.1) is 4.47 Å². The zero-order chi connectivity index (χ0) is 21.5. The highest BCUT2D eigenvalue weighted by molar-refractivity contribution is 9.10. The Balaban J connectivity index is 1.72. The molecule has 156 valence electrons. The van der Waals surface area contributed by atoms with E-state index in [1.807, 2.05) is 66.7 Å². The lowest BCUT2D eigenvalue weighted by Gasteiger charge is -2.28. The van der Waals surface area contributed by atoms with Gasteiger partial charge in [0.1, 0.15) is 11.8 Å². The lowest BCUT2D eigenvalue weighted by atomic mass is 10.1. The van der Waals surface area contributed by atoms with E-state index in [-0.39, 0.29) is 18.4 Å². The molecule has 0 aromatic heterocycles. The van der Waals surface area contributed by atoms with Crippen molar-refractivity contribution in [3.8, 4) is 5.75 Å². The first-order chi connectivity index (χ1) is 14.5. The van der Waals surface area contributed by atoms with Gasteiger partial charge in [0.25, 0.3) is 5.91 Å². The number of carbonyl (C=O) groups excluding carboxylic acids is 2. The average Bonchev–Trinajstić information content (AvgIpc) is 2.79. The Morgan fingerprint density at radius 2 is 1.73 bits per heavy atom. The number of benzene rings is 3. The molecule has 0 heterocycles. The van der Waals surface area contributed by atoms with Gasteiger partial charge in [-0.05, 0) is 51.7 Å². The van der Waals surface area contributed by atoms with Gasteiger partial charge in [-0.2, -0.15) is 0 Å². The molecular formula is C24H25BrN2O3. The molecule has 3 rings (SSSR count). The Hall–Kier alpha value is -2.86. The maximum atomic E-state index is 13.0. The molecule has 30 heavy (non-hydrogen) atoms. The Kier molecular flexibility index (Phi) is 7.46. The van der Waals surface area contributed by atoms with Crippen LogP contribution in [-0.4, -0.2) is 43.0 Å². The fourth-order valence-electron chi connectivity index (χ4n) is 3.33. The number of amides is 2. The number of rotatable bonds is 8. The monoisotopic (exact) mass is 468 g/mol. The van der Waals surface area contributed by atoms with Gasteiger partial charge in [-0.25, -0.2) is 0 Å². The van der Waals surface area contributed by atoms with Crippen LogP contribution in [0.4, 0.5) is 0 Å². The number of likely N-dealkylation sites (N-methyl/N-ethyl adjacent to an activating group) is 1. The molecule has 0 spiro atoms. The lowest BCUT2D eigenvalue weighted by molar-refractivity contribution is -0.141. The molecule has 0 aliphatic rings. The number of ether oxygens (including phenoxy) is 1. The summed E-state index contributed by atoms with van der Waals surface area (Å²) >= 11 is 3.58. The molecule has 0 radical (unpaired) electrons. The van der Waals surface area contributed by atoms with E-state index >= 15 is 0 Å².